The molecule has 4 aromatic rings. The van der Waals surface area contributed by atoms with Crippen LogP contribution in [0.5, 0.6) is 5.75 Å². The van der Waals surface area contributed by atoms with Gasteiger partial charge in [0.25, 0.3) is 5.91 Å². The van der Waals surface area contributed by atoms with Crippen LogP contribution in [0.1, 0.15) is 10.4 Å². The average Bonchev–Trinajstić information content (AvgIpc) is 3.40. The fraction of sp³-hybridized carbons (Fsp3) is 0.0476. The Morgan fingerprint density at radius 3 is 2.63 bits per heavy atom. The Hall–Kier alpha value is -3.80. The van der Waals surface area contributed by atoms with Crippen molar-refractivity contribution >= 4 is 11.6 Å². The molecule has 0 atom stereocenters. The van der Waals surface area contributed by atoms with Crippen LogP contribution in [0, 0.1) is 0 Å². The molecule has 0 spiro atoms. The van der Waals surface area contributed by atoms with Crippen molar-refractivity contribution in [3.05, 3.63) is 78.6 Å². The highest BCUT2D eigenvalue weighted by Gasteiger charge is 2.13. The number of hydrogen-bond acceptors (Lipinski definition) is 4. The summed E-state index contributed by atoms with van der Waals surface area (Å²) < 4.78 is 10.5. The number of anilines is 1. The molecule has 0 fully saturated rings. The standard InChI is InChI=1S/C21H17N3O3/c1-26-15-10-8-14(9-11-15)21(25)22-17-6-3-2-5-16(17)18-13-19(24-23-18)20-7-4-12-27-20/h2-13H,1H3,(H,22,25)(H,23,24). The maximum atomic E-state index is 12.6. The molecule has 0 saturated carbocycles. The first-order chi connectivity index (χ1) is 13.2. The number of amides is 1. The number of hydrogen-bond donors (Lipinski definition) is 2. The van der Waals surface area contributed by atoms with Crippen molar-refractivity contribution in [2.75, 3.05) is 12.4 Å². The van der Waals surface area contributed by atoms with Gasteiger partial charge in [-0.3, -0.25) is 9.89 Å². The molecule has 6 heteroatoms. The number of aromatic amines is 1. The lowest BCUT2D eigenvalue weighted by atomic mass is 10.1. The van der Waals surface area contributed by atoms with Gasteiger partial charge in [0.2, 0.25) is 0 Å². The van der Waals surface area contributed by atoms with Gasteiger partial charge in [0, 0.05) is 11.1 Å². The first-order valence-electron chi connectivity index (χ1n) is 8.38. The van der Waals surface area contributed by atoms with Crippen LogP contribution in [0.15, 0.2) is 77.4 Å². The van der Waals surface area contributed by atoms with E-state index in [1.54, 1.807) is 37.6 Å². The van der Waals surface area contributed by atoms with Crippen molar-refractivity contribution in [2.45, 2.75) is 0 Å². The molecule has 0 unspecified atom stereocenters. The lowest BCUT2D eigenvalue weighted by Crippen LogP contribution is -2.12. The van der Waals surface area contributed by atoms with Crippen molar-refractivity contribution in [1.82, 2.24) is 10.2 Å². The van der Waals surface area contributed by atoms with Crippen LogP contribution in [0.25, 0.3) is 22.7 Å². The Balaban J connectivity index is 1.60. The summed E-state index contributed by atoms with van der Waals surface area (Å²) in [5.74, 6) is 1.18. The van der Waals surface area contributed by atoms with Crippen LogP contribution in [0.4, 0.5) is 5.69 Å². The molecule has 4 rings (SSSR count). The summed E-state index contributed by atoms with van der Waals surface area (Å²) in [6.45, 7) is 0. The summed E-state index contributed by atoms with van der Waals surface area (Å²) in [6.07, 6.45) is 1.60. The lowest BCUT2D eigenvalue weighted by molar-refractivity contribution is 0.102. The molecule has 0 radical (unpaired) electrons. The average molecular weight is 359 g/mol. The summed E-state index contributed by atoms with van der Waals surface area (Å²) in [7, 11) is 1.59. The number of nitrogens with zero attached hydrogens (tertiary/aromatic N) is 1. The third-order valence-corrected chi connectivity index (χ3v) is 4.17. The molecule has 134 valence electrons. The van der Waals surface area contributed by atoms with Crippen molar-refractivity contribution in [3.8, 4) is 28.5 Å². The van der Waals surface area contributed by atoms with E-state index in [9.17, 15) is 4.79 Å². The highest BCUT2D eigenvalue weighted by atomic mass is 16.5. The molecule has 2 N–H and O–H groups in total. The number of rotatable bonds is 5. The maximum absolute atomic E-state index is 12.6. The van der Waals surface area contributed by atoms with E-state index in [2.05, 4.69) is 15.5 Å². The Morgan fingerprint density at radius 1 is 1.07 bits per heavy atom. The third-order valence-electron chi connectivity index (χ3n) is 4.17. The number of para-hydroxylation sites is 1. The van der Waals surface area contributed by atoms with Crippen molar-refractivity contribution in [1.29, 1.82) is 0 Å². The number of methoxy groups -OCH3 is 1. The molecular weight excluding hydrogens is 342 g/mol. The van der Waals surface area contributed by atoms with Crippen molar-refractivity contribution in [3.63, 3.8) is 0 Å². The second-order valence-corrected chi connectivity index (χ2v) is 5.87. The second kappa shape index (κ2) is 7.21. The summed E-state index contributed by atoms with van der Waals surface area (Å²) in [6, 6.07) is 20.1. The molecule has 0 aliphatic carbocycles. The van der Waals surface area contributed by atoms with E-state index in [4.69, 9.17) is 9.15 Å². The second-order valence-electron chi connectivity index (χ2n) is 5.87. The van der Waals surface area contributed by atoms with E-state index in [-0.39, 0.29) is 5.91 Å². The minimum Gasteiger partial charge on any atom is -0.497 e. The van der Waals surface area contributed by atoms with E-state index in [1.807, 2.05) is 42.5 Å². The SMILES string of the molecule is COc1ccc(C(=O)Nc2ccccc2-c2cc(-c3ccco3)n[nH]2)cc1. The maximum Gasteiger partial charge on any atom is 0.255 e. The number of nitrogens with one attached hydrogen (secondary N) is 2. The van der Waals surface area contributed by atoms with Crippen molar-refractivity contribution in [2.24, 2.45) is 0 Å². The number of H-pyrrole nitrogens is 1. The number of ether oxygens (including phenoxy) is 1. The van der Waals surface area contributed by atoms with Gasteiger partial charge in [-0.05, 0) is 48.5 Å². The monoisotopic (exact) mass is 359 g/mol. The molecule has 27 heavy (non-hydrogen) atoms. The summed E-state index contributed by atoms with van der Waals surface area (Å²) in [5.41, 5.74) is 3.56. The van der Waals surface area contributed by atoms with E-state index in [0.29, 0.717) is 28.5 Å². The smallest absolute Gasteiger partial charge is 0.255 e. The topological polar surface area (TPSA) is 80.2 Å². The zero-order valence-electron chi connectivity index (χ0n) is 14.6. The molecule has 0 bridgehead atoms. The predicted octanol–water partition coefficient (Wildman–Crippen LogP) is 4.60. The van der Waals surface area contributed by atoms with Crippen LogP contribution in [0.3, 0.4) is 0 Å². The first kappa shape index (κ1) is 16.7. The Kier molecular flexibility index (Phi) is 4.45. The van der Waals surface area contributed by atoms with Gasteiger partial charge in [0.15, 0.2) is 5.76 Å². The quantitative estimate of drug-likeness (QED) is 0.546. The van der Waals surface area contributed by atoms with Crippen LogP contribution in [-0.4, -0.2) is 23.2 Å². The van der Waals surface area contributed by atoms with Gasteiger partial charge in [0.05, 0.1) is 24.8 Å². The molecule has 0 aliphatic heterocycles. The van der Waals surface area contributed by atoms with Crippen LogP contribution < -0.4 is 10.1 Å². The fourth-order valence-electron chi connectivity index (χ4n) is 2.77. The third kappa shape index (κ3) is 3.46. The van der Waals surface area contributed by atoms with Gasteiger partial charge in [0.1, 0.15) is 11.4 Å². The first-order valence-corrected chi connectivity index (χ1v) is 8.38. The molecule has 1 amide bonds. The summed E-state index contributed by atoms with van der Waals surface area (Å²) in [5, 5.41) is 10.2. The number of furan rings is 1. The zero-order valence-corrected chi connectivity index (χ0v) is 14.6. The van der Waals surface area contributed by atoms with E-state index in [0.717, 1.165) is 11.3 Å². The molecule has 2 aromatic heterocycles. The van der Waals surface area contributed by atoms with E-state index < -0.39 is 0 Å². The van der Waals surface area contributed by atoms with Gasteiger partial charge in [-0.1, -0.05) is 18.2 Å². The minimum atomic E-state index is -0.198. The van der Waals surface area contributed by atoms with Gasteiger partial charge in [-0.2, -0.15) is 5.10 Å². The molecular formula is C21H17N3O3. The molecule has 0 saturated heterocycles. The Morgan fingerprint density at radius 2 is 1.89 bits per heavy atom. The lowest BCUT2D eigenvalue weighted by Gasteiger charge is -2.10. The minimum absolute atomic E-state index is 0.198. The Labute approximate surface area is 155 Å². The summed E-state index contributed by atoms with van der Waals surface area (Å²) >= 11 is 0. The largest absolute Gasteiger partial charge is 0.497 e. The Bertz CT molecular complexity index is 1050. The normalized spacial score (nSPS) is 10.6. The zero-order chi connectivity index (χ0) is 18.6. The molecule has 6 nitrogen and oxygen atoms in total. The highest BCUT2D eigenvalue weighted by Crippen LogP contribution is 2.30. The molecule has 0 aliphatic rings. The van der Waals surface area contributed by atoms with Gasteiger partial charge < -0.3 is 14.5 Å². The number of carbonyl (C=O) groups is 1. The van der Waals surface area contributed by atoms with Gasteiger partial charge in [-0.25, -0.2) is 0 Å². The van der Waals surface area contributed by atoms with Crippen LogP contribution >= 0.6 is 0 Å². The molecule has 2 heterocycles. The molecule has 2 aromatic carbocycles. The number of benzene rings is 2. The summed E-state index contributed by atoms with van der Waals surface area (Å²) in [4.78, 5) is 12.6. The van der Waals surface area contributed by atoms with E-state index in [1.165, 1.54) is 0 Å². The van der Waals surface area contributed by atoms with Crippen molar-refractivity contribution < 1.29 is 13.9 Å². The van der Waals surface area contributed by atoms with Crippen LogP contribution in [0.2, 0.25) is 0 Å². The number of aromatic nitrogens is 2. The number of carbonyl (C=O) groups excluding carboxylic acids is 1. The fourth-order valence-corrected chi connectivity index (χ4v) is 2.77. The predicted molar refractivity (Wildman–Crippen MR) is 103 cm³/mol. The van der Waals surface area contributed by atoms with Gasteiger partial charge in [-0.15, -0.1) is 0 Å². The highest BCUT2D eigenvalue weighted by molar-refractivity contribution is 6.06. The van der Waals surface area contributed by atoms with Gasteiger partial charge >= 0.3 is 0 Å². The van der Waals surface area contributed by atoms with E-state index >= 15 is 0 Å². The van der Waals surface area contributed by atoms with Crippen LogP contribution in [-0.2, 0) is 0 Å².